The van der Waals surface area contributed by atoms with Crippen LogP contribution in [0.5, 0.6) is 0 Å². The zero-order valence-corrected chi connectivity index (χ0v) is 11.2. The Balaban J connectivity index is 1.63. The van der Waals surface area contributed by atoms with Gasteiger partial charge >= 0.3 is 0 Å². The predicted molar refractivity (Wildman–Crippen MR) is 75.1 cm³/mol. The quantitative estimate of drug-likeness (QED) is 0.650. The maximum atomic E-state index is 2.35. The Kier molecular flexibility index (Phi) is 5.09. The Labute approximate surface area is 106 Å². The van der Waals surface area contributed by atoms with Gasteiger partial charge in [-0.1, -0.05) is 75.8 Å². The summed E-state index contributed by atoms with van der Waals surface area (Å²) in [6.45, 7) is 2.35. The predicted octanol–water partition coefficient (Wildman–Crippen LogP) is 5.23. The third kappa shape index (κ3) is 4.18. The van der Waals surface area contributed by atoms with Crippen molar-refractivity contribution in [1.29, 1.82) is 0 Å². The van der Waals surface area contributed by atoms with Crippen molar-refractivity contribution in [2.45, 2.75) is 58.3 Å². The van der Waals surface area contributed by atoms with Crippen LogP contribution < -0.4 is 0 Å². The Hall–Kier alpha value is -0.780. The third-order valence-electron chi connectivity index (χ3n) is 4.46. The summed E-state index contributed by atoms with van der Waals surface area (Å²) in [5.41, 5.74) is 1.51. The molecule has 0 radical (unpaired) electrons. The molecule has 0 aliphatic heterocycles. The van der Waals surface area contributed by atoms with Crippen LogP contribution in [0.3, 0.4) is 0 Å². The number of rotatable bonds is 5. The monoisotopic (exact) mass is 230 g/mol. The van der Waals surface area contributed by atoms with Gasteiger partial charge in [0, 0.05) is 0 Å². The lowest BCUT2D eigenvalue weighted by Crippen LogP contribution is -2.14. The highest BCUT2D eigenvalue weighted by molar-refractivity contribution is 5.14. The lowest BCUT2D eigenvalue weighted by Gasteiger charge is -2.27. The molecule has 1 aliphatic carbocycles. The Morgan fingerprint density at radius 1 is 0.941 bits per heavy atom. The van der Waals surface area contributed by atoms with Crippen molar-refractivity contribution in [3.63, 3.8) is 0 Å². The van der Waals surface area contributed by atoms with Crippen molar-refractivity contribution in [3.8, 4) is 0 Å². The molecule has 1 aromatic rings. The van der Waals surface area contributed by atoms with Crippen molar-refractivity contribution >= 4 is 0 Å². The first-order valence-corrected chi connectivity index (χ1v) is 7.42. The van der Waals surface area contributed by atoms with Gasteiger partial charge in [-0.25, -0.2) is 0 Å². The molecule has 0 spiro atoms. The van der Waals surface area contributed by atoms with E-state index >= 15 is 0 Å². The van der Waals surface area contributed by atoms with Gasteiger partial charge in [0.1, 0.15) is 0 Å². The van der Waals surface area contributed by atoms with E-state index < -0.39 is 0 Å². The van der Waals surface area contributed by atoms with Crippen LogP contribution >= 0.6 is 0 Å². The van der Waals surface area contributed by atoms with Crippen LogP contribution in [0.4, 0.5) is 0 Å². The van der Waals surface area contributed by atoms with Crippen molar-refractivity contribution in [2.24, 2.45) is 11.8 Å². The van der Waals surface area contributed by atoms with Crippen molar-refractivity contribution < 1.29 is 0 Å². The highest BCUT2D eigenvalue weighted by atomic mass is 14.2. The van der Waals surface area contributed by atoms with E-state index in [1.54, 1.807) is 0 Å². The van der Waals surface area contributed by atoms with Crippen molar-refractivity contribution in [3.05, 3.63) is 35.9 Å². The molecule has 0 bridgehead atoms. The largest absolute Gasteiger partial charge is 0.0651 e. The molecule has 1 saturated carbocycles. The molecular weight excluding hydrogens is 204 g/mol. The minimum atomic E-state index is 1.03. The highest BCUT2D eigenvalue weighted by Gasteiger charge is 2.19. The lowest BCUT2D eigenvalue weighted by molar-refractivity contribution is 0.255. The first-order chi connectivity index (χ1) is 8.38. The smallest absolute Gasteiger partial charge is 0.0279 e. The first-order valence-electron chi connectivity index (χ1n) is 7.42. The molecule has 1 aliphatic rings. The van der Waals surface area contributed by atoms with E-state index in [0.29, 0.717) is 0 Å². The van der Waals surface area contributed by atoms with E-state index in [9.17, 15) is 0 Å². The standard InChI is InChI=1S/C17H26/c1-2-15-11-13-17(14-12-15)10-6-9-16-7-4-3-5-8-16/h3-5,7-8,15,17H,2,6,9-14H2,1H3. The topological polar surface area (TPSA) is 0 Å². The molecule has 0 N–H and O–H groups in total. The molecule has 0 nitrogen and oxygen atoms in total. The summed E-state index contributed by atoms with van der Waals surface area (Å²) in [6.07, 6.45) is 11.5. The van der Waals surface area contributed by atoms with Gasteiger partial charge in [-0.2, -0.15) is 0 Å². The zero-order chi connectivity index (χ0) is 11.9. The summed E-state index contributed by atoms with van der Waals surface area (Å²) in [6, 6.07) is 10.9. The Morgan fingerprint density at radius 2 is 1.59 bits per heavy atom. The van der Waals surface area contributed by atoms with E-state index in [2.05, 4.69) is 37.3 Å². The molecule has 94 valence electrons. The van der Waals surface area contributed by atoms with Crippen LogP contribution in [0.25, 0.3) is 0 Å². The molecule has 0 saturated heterocycles. The van der Waals surface area contributed by atoms with Crippen molar-refractivity contribution in [1.82, 2.24) is 0 Å². The Morgan fingerprint density at radius 3 is 2.24 bits per heavy atom. The normalized spacial score (nSPS) is 24.8. The van der Waals surface area contributed by atoms with Gasteiger partial charge in [-0.05, 0) is 30.2 Å². The molecule has 0 unspecified atom stereocenters. The number of benzene rings is 1. The van der Waals surface area contributed by atoms with E-state index in [1.807, 2.05) is 0 Å². The molecule has 17 heavy (non-hydrogen) atoms. The summed E-state index contributed by atoms with van der Waals surface area (Å²) in [7, 11) is 0. The summed E-state index contributed by atoms with van der Waals surface area (Å²) in [5, 5.41) is 0. The summed E-state index contributed by atoms with van der Waals surface area (Å²) < 4.78 is 0. The highest BCUT2D eigenvalue weighted by Crippen LogP contribution is 2.33. The SMILES string of the molecule is CCC1CCC(CCCc2ccccc2)CC1. The van der Waals surface area contributed by atoms with E-state index in [-0.39, 0.29) is 0 Å². The summed E-state index contributed by atoms with van der Waals surface area (Å²) in [5.74, 6) is 2.07. The second-order valence-electron chi connectivity index (χ2n) is 5.67. The van der Waals surface area contributed by atoms with Crippen LogP contribution in [0.2, 0.25) is 0 Å². The lowest BCUT2D eigenvalue weighted by atomic mass is 9.79. The third-order valence-corrected chi connectivity index (χ3v) is 4.46. The van der Waals surface area contributed by atoms with Gasteiger partial charge < -0.3 is 0 Å². The molecule has 0 aromatic heterocycles. The summed E-state index contributed by atoms with van der Waals surface area (Å²) in [4.78, 5) is 0. The van der Waals surface area contributed by atoms with Crippen LogP contribution in [-0.2, 0) is 6.42 Å². The van der Waals surface area contributed by atoms with Gasteiger partial charge in [-0.3, -0.25) is 0 Å². The Bertz CT molecular complexity index is 293. The zero-order valence-electron chi connectivity index (χ0n) is 11.2. The number of hydrogen-bond donors (Lipinski definition) is 0. The first kappa shape index (κ1) is 12.7. The van der Waals surface area contributed by atoms with Gasteiger partial charge in [0.25, 0.3) is 0 Å². The summed E-state index contributed by atoms with van der Waals surface area (Å²) >= 11 is 0. The van der Waals surface area contributed by atoms with Crippen molar-refractivity contribution in [2.75, 3.05) is 0 Å². The molecule has 0 atom stereocenters. The van der Waals surface area contributed by atoms with Crippen LogP contribution in [0.15, 0.2) is 30.3 Å². The minimum absolute atomic E-state index is 1.03. The minimum Gasteiger partial charge on any atom is -0.0651 e. The fraction of sp³-hybridized carbons (Fsp3) is 0.647. The van der Waals surface area contributed by atoms with E-state index in [4.69, 9.17) is 0 Å². The number of hydrogen-bond acceptors (Lipinski definition) is 0. The fourth-order valence-corrected chi connectivity index (χ4v) is 3.17. The molecular formula is C17H26. The number of aryl methyl sites for hydroxylation is 1. The average Bonchev–Trinajstić information content (AvgIpc) is 2.41. The van der Waals surface area contributed by atoms with Crippen LogP contribution in [0, 0.1) is 11.8 Å². The van der Waals surface area contributed by atoms with Gasteiger partial charge in [0.15, 0.2) is 0 Å². The van der Waals surface area contributed by atoms with Crippen LogP contribution in [-0.4, -0.2) is 0 Å². The fourth-order valence-electron chi connectivity index (χ4n) is 3.17. The molecule has 0 heterocycles. The van der Waals surface area contributed by atoms with Gasteiger partial charge in [0.05, 0.1) is 0 Å². The van der Waals surface area contributed by atoms with E-state index in [1.165, 1.54) is 56.9 Å². The molecule has 1 fully saturated rings. The molecule has 1 aromatic carbocycles. The van der Waals surface area contributed by atoms with Gasteiger partial charge in [-0.15, -0.1) is 0 Å². The molecule has 2 rings (SSSR count). The van der Waals surface area contributed by atoms with Gasteiger partial charge in [0.2, 0.25) is 0 Å². The maximum absolute atomic E-state index is 2.35. The molecule has 0 amide bonds. The van der Waals surface area contributed by atoms with Crippen LogP contribution in [0.1, 0.15) is 57.4 Å². The molecule has 0 heteroatoms. The van der Waals surface area contributed by atoms with E-state index in [0.717, 1.165) is 11.8 Å². The second-order valence-corrected chi connectivity index (χ2v) is 5.67. The second kappa shape index (κ2) is 6.83. The average molecular weight is 230 g/mol. The maximum Gasteiger partial charge on any atom is -0.0279 e.